The van der Waals surface area contributed by atoms with Gasteiger partial charge in [-0.15, -0.1) is 0 Å². The van der Waals surface area contributed by atoms with Crippen LogP contribution in [0.15, 0.2) is 42.6 Å². The Hall–Kier alpha value is -2.41. The van der Waals surface area contributed by atoms with Crippen molar-refractivity contribution >= 4 is 15.7 Å². The molecule has 1 aromatic heterocycles. The lowest BCUT2D eigenvalue weighted by Gasteiger charge is -2.13. The summed E-state index contributed by atoms with van der Waals surface area (Å²) in [4.78, 5) is 16.5. The number of aromatic nitrogens is 1. The van der Waals surface area contributed by atoms with Crippen LogP contribution in [0.4, 0.5) is 0 Å². The number of pyridine rings is 1. The number of hydrogen-bond acceptors (Lipinski definition) is 5. The molecule has 1 N–H and O–H groups in total. The lowest BCUT2D eigenvalue weighted by molar-refractivity contribution is 0.0950. The second kappa shape index (κ2) is 8.52. The zero-order valence-electron chi connectivity index (χ0n) is 15.3. The molecular formula is C20H24N2O4S. The predicted octanol–water partition coefficient (Wildman–Crippen LogP) is 2.88. The van der Waals surface area contributed by atoms with Gasteiger partial charge in [-0.2, -0.15) is 0 Å². The van der Waals surface area contributed by atoms with Crippen molar-refractivity contribution in [1.82, 2.24) is 10.3 Å². The van der Waals surface area contributed by atoms with Crippen molar-refractivity contribution in [3.05, 3.63) is 59.3 Å². The van der Waals surface area contributed by atoms with Crippen LogP contribution in [0.5, 0.6) is 5.88 Å². The maximum Gasteiger partial charge on any atom is 0.251 e. The first-order valence-electron chi connectivity index (χ1n) is 9.05. The fraction of sp³-hybridized carbons (Fsp3) is 0.400. The molecule has 0 saturated heterocycles. The zero-order chi connectivity index (χ0) is 19.3. The molecule has 1 amide bonds. The van der Waals surface area contributed by atoms with E-state index < -0.39 is 9.84 Å². The van der Waals surface area contributed by atoms with Crippen LogP contribution in [0.3, 0.4) is 0 Å². The third-order valence-electron chi connectivity index (χ3n) is 4.49. The Morgan fingerprint density at radius 2 is 1.85 bits per heavy atom. The van der Waals surface area contributed by atoms with Crippen LogP contribution in [0.1, 0.15) is 47.2 Å². The van der Waals surface area contributed by atoms with E-state index in [4.69, 9.17) is 4.74 Å². The molecular weight excluding hydrogens is 364 g/mol. The molecule has 1 fully saturated rings. The lowest BCUT2D eigenvalue weighted by atomic mass is 10.1. The van der Waals surface area contributed by atoms with Gasteiger partial charge in [-0.05, 0) is 55.0 Å². The summed E-state index contributed by atoms with van der Waals surface area (Å²) in [7, 11) is -3.09. The molecule has 0 aliphatic heterocycles. The summed E-state index contributed by atoms with van der Waals surface area (Å²) in [6, 6.07) is 10.3. The minimum Gasteiger partial charge on any atom is -0.474 e. The van der Waals surface area contributed by atoms with Gasteiger partial charge in [-0.25, -0.2) is 13.4 Å². The van der Waals surface area contributed by atoms with Crippen molar-refractivity contribution < 1.29 is 17.9 Å². The summed E-state index contributed by atoms with van der Waals surface area (Å²) in [5.41, 5.74) is 2.07. The van der Waals surface area contributed by atoms with Crippen molar-refractivity contribution in [3.8, 4) is 5.88 Å². The fourth-order valence-corrected chi connectivity index (χ4v) is 3.94. The number of carbonyl (C=O) groups excluding carboxylic acids is 1. The Kier molecular flexibility index (Phi) is 6.11. The van der Waals surface area contributed by atoms with Crippen LogP contribution in [-0.2, 0) is 22.1 Å². The second-order valence-electron chi connectivity index (χ2n) is 6.98. The lowest BCUT2D eigenvalue weighted by Crippen LogP contribution is -2.23. The van der Waals surface area contributed by atoms with Crippen LogP contribution < -0.4 is 10.1 Å². The number of nitrogens with zero attached hydrogens (tertiary/aromatic N) is 1. The number of rotatable bonds is 7. The van der Waals surface area contributed by atoms with Crippen LogP contribution in [-0.4, -0.2) is 31.7 Å². The van der Waals surface area contributed by atoms with Gasteiger partial charge in [0.25, 0.3) is 5.91 Å². The third kappa shape index (κ3) is 6.06. The molecule has 2 aromatic rings. The molecule has 0 spiro atoms. The summed E-state index contributed by atoms with van der Waals surface area (Å²) >= 11 is 0. The molecule has 3 rings (SSSR count). The highest BCUT2D eigenvalue weighted by atomic mass is 32.2. The highest BCUT2D eigenvalue weighted by Crippen LogP contribution is 2.23. The van der Waals surface area contributed by atoms with E-state index in [0.29, 0.717) is 23.6 Å². The average Bonchev–Trinajstić information content (AvgIpc) is 3.12. The van der Waals surface area contributed by atoms with Crippen LogP contribution in [0.2, 0.25) is 0 Å². The number of amides is 1. The molecule has 1 aliphatic carbocycles. The highest BCUT2D eigenvalue weighted by molar-refractivity contribution is 7.89. The summed E-state index contributed by atoms with van der Waals surface area (Å²) in [6.07, 6.45) is 7.65. The fourth-order valence-electron chi connectivity index (χ4n) is 3.14. The SMILES string of the molecule is CS(=O)(=O)Cc1ccc(C(=O)NCc2ccnc(OC3CCCC3)c2)cc1. The van der Waals surface area contributed by atoms with Crippen molar-refractivity contribution in [1.29, 1.82) is 0 Å². The molecule has 6 nitrogen and oxygen atoms in total. The largest absolute Gasteiger partial charge is 0.474 e. The van der Waals surface area contributed by atoms with Crippen molar-refractivity contribution in [3.63, 3.8) is 0 Å². The molecule has 1 saturated carbocycles. The van der Waals surface area contributed by atoms with Crippen molar-refractivity contribution in [2.24, 2.45) is 0 Å². The molecule has 0 atom stereocenters. The molecule has 0 bridgehead atoms. The number of ether oxygens (including phenoxy) is 1. The Labute approximate surface area is 159 Å². The van der Waals surface area contributed by atoms with Gasteiger partial charge >= 0.3 is 0 Å². The first-order chi connectivity index (χ1) is 12.9. The van der Waals surface area contributed by atoms with E-state index in [2.05, 4.69) is 10.3 Å². The Morgan fingerprint density at radius 3 is 2.52 bits per heavy atom. The van der Waals surface area contributed by atoms with E-state index in [0.717, 1.165) is 18.4 Å². The van der Waals surface area contributed by atoms with Gasteiger partial charge in [0, 0.05) is 30.6 Å². The van der Waals surface area contributed by atoms with Crippen molar-refractivity contribution in [2.75, 3.05) is 6.26 Å². The van der Waals surface area contributed by atoms with Crippen LogP contribution in [0, 0.1) is 0 Å². The summed E-state index contributed by atoms with van der Waals surface area (Å²) in [5.74, 6) is 0.352. The van der Waals surface area contributed by atoms with Gasteiger partial charge in [0.1, 0.15) is 6.10 Å². The number of carbonyl (C=O) groups is 1. The maximum absolute atomic E-state index is 12.3. The van der Waals surface area contributed by atoms with E-state index in [1.54, 1.807) is 30.5 Å². The van der Waals surface area contributed by atoms with E-state index in [1.165, 1.54) is 19.1 Å². The minimum atomic E-state index is -3.09. The second-order valence-corrected chi connectivity index (χ2v) is 9.12. The zero-order valence-corrected chi connectivity index (χ0v) is 16.2. The van der Waals surface area contributed by atoms with Gasteiger partial charge in [0.2, 0.25) is 5.88 Å². The summed E-state index contributed by atoms with van der Waals surface area (Å²) < 4.78 is 28.5. The number of nitrogens with one attached hydrogen (secondary N) is 1. The molecule has 1 aliphatic rings. The quantitative estimate of drug-likeness (QED) is 0.788. The molecule has 7 heteroatoms. The first-order valence-corrected chi connectivity index (χ1v) is 11.1. The number of hydrogen-bond donors (Lipinski definition) is 1. The van der Waals surface area contributed by atoms with Crippen LogP contribution >= 0.6 is 0 Å². The molecule has 144 valence electrons. The molecule has 1 heterocycles. The maximum atomic E-state index is 12.3. The van der Waals surface area contributed by atoms with E-state index in [-0.39, 0.29) is 17.8 Å². The van der Waals surface area contributed by atoms with Crippen molar-refractivity contribution in [2.45, 2.75) is 44.1 Å². The molecule has 0 radical (unpaired) electrons. The minimum absolute atomic E-state index is 0.0321. The summed E-state index contributed by atoms with van der Waals surface area (Å²) in [5, 5.41) is 2.86. The predicted molar refractivity (Wildman–Crippen MR) is 103 cm³/mol. The Morgan fingerprint density at radius 1 is 1.15 bits per heavy atom. The smallest absolute Gasteiger partial charge is 0.251 e. The topological polar surface area (TPSA) is 85.4 Å². The van der Waals surface area contributed by atoms with E-state index in [1.807, 2.05) is 12.1 Å². The van der Waals surface area contributed by atoms with E-state index in [9.17, 15) is 13.2 Å². The van der Waals surface area contributed by atoms with Gasteiger partial charge in [0.05, 0.1) is 5.75 Å². The van der Waals surface area contributed by atoms with Crippen LogP contribution in [0.25, 0.3) is 0 Å². The van der Waals surface area contributed by atoms with Gasteiger partial charge in [0.15, 0.2) is 9.84 Å². The Bertz CT molecular complexity index is 888. The number of benzene rings is 1. The average molecular weight is 388 g/mol. The molecule has 0 unspecified atom stereocenters. The van der Waals surface area contributed by atoms with Gasteiger partial charge in [-0.3, -0.25) is 4.79 Å². The van der Waals surface area contributed by atoms with Gasteiger partial charge < -0.3 is 10.1 Å². The monoisotopic (exact) mass is 388 g/mol. The summed E-state index contributed by atoms with van der Waals surface area (Å²) in [6.45, 7) is 0.369. The number of sulfone groups is 1. The standard InChI is InChI=1S/C20H24N2O4S/c1-27(24,25)14-15-6-8-17(9-7-15)20(23)22-13-16-10-11-21-19(12-16)26-18-4-2-3-5-18/h6-12,18H,2-5,13-14H2,1H3,(H,22,23). The molecule has 27 heavy (non-hydrogen) atoms. The third-order valence-corrected chi connectivity index (χ3v) is 5.34. The van der Waals surface area contributed by atoms with E-state index >= 15 is 0 Å². The Balaban J connectivity index is 1.55. The van der Waals surface area contributed by atoms with Gasteiger partial charge in [-0.1, -0.05) is 12.1 Å². The first kappa shape index (κ1) is 19.4. The highest BCUT2D eigenvalue weighted by Gasteiger charge is 2.17. The molecule has 1 aromatic carbocycles. The normalized spacial score (nSPS) is 14.9.